The van der Waals surface area contributed by atoms with Crippen LogP contribution in [-0.4, -0.2) is 16.5 Å². The molecule has 1 aliphatic rings. The molecule has 0 aromatic carbocycles. The molecule has 0 saturated heterocycles. The first kappa shape index (κ1) is 10.7. The first-order chi connectivity index (χ1) is 6.27. The van der Waals surface area contributed by atoms with Crippen molar-refractivity contribution in [2.75, 3.05) is 0 Å². The van der Waals surface area contributed by atoms with Gasteiger partial charge in [0.2, 0.25) is 0 Å². The van der Waals surface area contributed by atoms with E-state index in [4.69, 9.17) is 5.26 Å². The predicted octanol–water partition coefficient (Wildman–Crippen LogP) is 2.86. The quantitative estimate of drug-likeness (QED) is 0.401. The van der Waals surface area contributed by atoms with Gasteiger partial charge in [-0.2, -0.15) is 5.26 Å². The highest BCUT2D eigenvalue weighted by Crippen LogP contribution is 2.33. The Morgan fingerprint density at radius 2 is 2.31 bits per heavy atom. The summed E-state index contributed by atoms with van der Waals surface area (Å²) in [5.74, 6) is 0.711. The molecule has 1 fully saturated rings. The fraction of sp³-hybridized carbons (Fsp3) is 0.778. The Kier molecular flexibility index (Phi) is 4.44. The zero-order valence-electron chi connectivity index (χ0n) is 7.56. The number of hydrogen-bond donors (Lipinski definition) is 0. The molecule has 0 bridgehead atoms. The van der Waals surface area contributed by atoms with E-state index in [9.17, 15) is 0 Å². The van der Waals surface area contributed by atoms with Crippen LogP contribution in [0.5, 0.6) is 0 Å². The Balaban J connectivity index is 2.60. The molecule has 1 saturated carbocycles. The maximum Gasteiger partial charge on any atom is 0.133 e. The number of nitrogens with zero attached hydrogens (tertiary/aromatic N) is 2. The number of rotatable bonds is 2. The lowest BCUT2D eigenvalue weighted by molar-refractivity contribution is 0.360. The minimum absolute atomic E-state index is 0.221. The van der Waals surface area contributed by atoms with Gasteiger partial charge in [0.25, 0.3) is 0 Å². The van der Waals surface area contributed by atoms with Crippen LogP contribution in [0.4, 0.5) is 0 Å². The van der Waals surface area contributed by atoms with Gasteiger partial charge in [-0.25, -0.2) is 4.99 Å². The third-order valence-electron chi connectivity index (χ3n) is 2.44. The highest BCUT2D eigenvalue weighted by molar-refractivity contribution is 8.04. The van der Waals surface area contributed by atoms with Crippen molar-refractivity contribution in [3.05, 3.63) is 0 Å². The number of isothiocyanates is 1. The second kappa shape index (κ2) is 5.39. The summed E-state index contributed by atoms with van der Waals surface area (Å²) < 4.78 is 0. The van der Waals surface area contributed by atoms with Gasteiger partial charge in [0.1, 0.15) is 5.40 Å². The van der Waals surface area contributed by atoms with Crippen LogP contribution >= 0.6 is 24.0 Å². The summed E-state index contributed by atoms with van der Waals surface area (Å²) in [4.78, 5) is 4.11. The van der Waals surface area contributed by atoms with Gasteiger partial charge in [0.15, 0.2) is 0 Å². The molecule has 3 unspecified atom stereocenters. The van der Waals surface area contributed by atoms with Gasteiger partial charge >= 0.3 is 0 Å². The van der Waals surface area contributed by atoms with Crippen LogP contribution in [0.15, 0.2) is 4.99 Å². The van der Waals surface area contributed by atoms with Gasteiger partial charge < -0.3 is 0 Å². The number of thioether (sulfide) groups is 1. The van der Waals surface area contributed by atoms with Crippen LogP contribution in [0.25, 0.3) is 0 Å². The molecule has 0 aliphatic heterocycles. The van der Waals surface area contributed by atoms with Gasteiger partial charge in [0, 0.05) is 5.25 Å². The maximum atomic E-state index is 8.62. The number of thiocyanates is 1. The average Bonchev–Trinajstić information content (AvgIpc) is 2.10. The first-order valence-electron chi connectivity index (χ1n) is 4.39. The Morgan fingerprint density at radius 1 is 1.54 bits per heavy atom. The lowest BCUT2D eigenvalue weighted by Gasteiger charge is -2.29. The van der Waals surface area contributed by atoms with Crippen LogP contribution in [0.1, 0.15) is 26.2 Å². The Bertz CT molecular complexity index is 253. The molecule has 0 amide bonds. The molecule has 2 nitrogen and oxygen atoms in total. The van der Waals surface area contributed by atoms with Crippen molar-refractivity contribution in [3.63, 3.8) is 0 Å². The van der Waals surface area contributed by atoms with Gasteiger partial charge in [-0.3, -0.25) is 0 Å². The van der Waals surface area contributed by atoms with E-state index in [2.05, 4.69) is 34.7 Å². The van der Waals surface area contributed by atoms with Gasteiger partial charge in [-0.1, -0.05) is 6.92 Å². The summed E-state index contributed by atoms with van der Waals surface area (Å²) >= 11 is 5.92. The summed E-state index contributed by atoms with van der Waals surface area (Å²) in [5.41, 5.74) is 0. The maximum absolute atomic E-state index is 8.62. The first-order valence-corrected chi connectivity index (χ1v) is 5.68. The molecule has 1 rings (SSSR count). The SMILES string of the molecule is CC1CCC(N=C=S)C(SC#N)C1. The molecule has 4 heteroatoms. The van der Waals surface area contributed by atoms with Crippen molar-refractivity contribution in [2.45, 2.75) is 37.5 Å². The highest BCUT2D eigenvalue weighted by Gasteiger charge is 2.28. The van der Waals surface area contributed by atoms with Crippen molar-refractivity contribution >= 4 is 29.1 Å². The molecule has 0 aromatic rings. The van der Waals surface area contributed by atoms with E-state index < -0.39 is 0 Å². The van der Waals surface area contributed by atoms with Crippen LogP contribution in [0.3, 0.4) is 0 Å². The van der Waals surface area contributed by atoms with Crippen LogP contribution in [0.2, 0.25) is 0 Å². The number of hydrogen-bond acceptors (Lipinski definition) is 4. The largest absolute Gasteiger partial charge is 0.228 e. The van der Waals surface area contributed by atoms with Crippen molar-refractivity contribution in [2.24, 2.45) is 10.9 Å². The van der Waals surface area contributed by atoms with Crippen molar-refractivity contribution < 1.29 is 0 Å². The molecule has 0 radical (unpaired) electrons. The third-order valence-corrected chi connectivity index (χ3v) is 3.46. The zero-order chi connectivity index (χ0) is 9.68. The van der Waals surface area contributed by atoms with Crippen molar-refractivity contribution in [3.8, 4) is 5.40 Å². The zero-order valence-corrected chi connectivity index (χ0v) is 9.20. The lowest BCUT2D eigenvalue weighted by atomic mass is 9.87. The second-order valence-electron chi connectivity index (χ2n) is 3.45. The summed E-state index contributed by atoms with van der Waals surface area (Å²) in [5, 5.41) is 13.5. The highest BCUT2D eigenvalue weighted by atomic mass is 32.2. The fourth-order valence-electron chi connectivity index (χ4n) is 1.72. The lowest BCUT2D eigenvalue weighted by Crippen LogP contribution is -2.28. The number of aliphatic imine (C=N–C) groups is 1. The summed E-state index contributed by atoms with van der Waals surface area (Å²) in [7, 11) is 0. The van der Waals surface area contributed by atoms with Crippen LogP contribution in [-0.2, 0) is 0 Å². The molecule has 3 atom stereocenters. The summed E-state index contributed by atoms with van der Waals surface area (Å²) in [6, 6.07) is 0.221. The predicted molar refractivity (Wildman–Crippen MR) is 58.8 cm³/mol. The molecule has 70 valence electrons. The van der Waals surface area contributed by atoms with Crippen molar-refractivity contribution in [1.29, 1.82) is 5.26 Å². The molecule has 1 aliphatic carbocycles. The van der Waals surface area contributed by atoms with E-state index in [-0.39, 0.29) is 6.04 Å². The summed E-state index contributed by atoms with van der Waals surface area (Å²) in [6.45, 7) is 2.22. The minimum atomic E-state index is 0.221. The van der Waals surface area contributed by atoms with Gasteiger partial charge in [-0.05, 0) is 49.2 Å². The minimum Gasteiger partial charge on any atom is -0.228 e. The Hall–Kier alpha value is -0.360. The molecular weight excluding hydrogens is 200 g/mol. The molecular formula is C9H12N2S2. The summed E-state index contributed by atoms with van der Waals surface area (Å²) in [6.07, 6.45) is 3.31. The van der Waals surface area contributed by atoms with E-state index in [1.54, 1.807) is 0 Å². The molecule has 0 aromatic heterocycles. The fourth-order valence-corrected chi connectivity index (χ4v) is 2.77. The van der Waals surface area contributed by atoms with Gasteiger partial charge in [0.05, 0.1) is 11.2 Å². The van der Waals surface area contributed by atoms with E-state index >= 15 is 0 Å². The van der Waals surface area contributed by atoms with Crippen molar-refractivity contribution in [1.82, 2.24) is 0 Å². The van der Waals surface area contributed by atoms with Crippen LogP contribution in [0, 0.1) is 16.6 Å². The second-order valence-corrected chi connectivity index (χ2v) is 4.66. The third kappa shape index (κ3) is 3.11. The van der Waals surface area contributed by atoms with E-state index in [0.29, 0.717) is 11.2 Å². The van der Waals surface area contributed by atoms with E-state index in [0.717, 1.165) is 12.8 Å². The monoisotopic (exact) mass is 212 g/mol. The number of thiocarbonyl (C=S) groups is 1. The van der Waals surface area contributed by atoms with Gasteiger partial charge in [-0.15, -0.1) is 0 Å². The molecule has 0 N–H and O–H groups in total. The molecule has 0 heterocycles. The molecule has 0 spiro atoms. The van der Waals surface area contributed by atoms with E-state index in [1.165, 1.54) is 18.2 Å². The smallest absolute Gasteiger partial charge is 0.133 e. The normalized spacial score (nSPS) is 33.1. The standard InChI is InChI=1S/C9H12N2S2/c1-7-2-3-8(11-6-12)9(4-7)13-5-10/h7-9H,2-4H2,1H3. The van der Waals surface area contributed by atoms with Crippen LogP contribution < -0.4 is 0 Å². The van der Waals surface area contributed by atoms with E-state index in [1.807, 2.05) is 0 Å². The Morgan fingerprint density at radius 3 is 2.92 bits per heavy atom. The number of nitriles is 1. The Labute approximate surface area is 88.4 Å². The average molecular weight is 212 g/mol. The molecule has 13 heavy (non-hydrogen) atoms. The topological polar surface area (TPSA) is 36.1 Å².